The number of likely N-dealkylation sites (N-methyl/N-ethyl adjacent to an activating group) is 1. The molecule has 0 N–H and O–H groups in total. The lowest BCUT2D eigenvalue weighted by atomic mass is 10.3. The van der Waals surface area contributed by atoms with Crippen LogP contribution in [0.1, 0.15) is 5.82 Å². The standard InChI is InChI=1S/C10H12N4S/c1-13-3-4-14-9(6-13)11-12-10(14)8-2-5-15-7-8/h2,5,7H,3-4,6H2,1H3. The van der Waals surface area contributed by atoms with Gasteiger partial charge in [0.1, 0.15) is 5.82 Å². The van der Waals surface area contributed by atoms with Gasteiger partial charge in [0, 0.05) is 24.0 Å². The maximum Gasteiger partial charge on any atom is 0.164 e. The Morgan fingerprint density at radius 1 is 1.33 bits per heavy atom. The normalized spacial score (nSPS) is 16.6. The number of hydrogen-bond acceptors (Lipinski definition) is 4. The Morgan fingerprint density at radius 2 is 2.27 bits per heavy atom. The van der Waals surface area contributed by atoms with E-state index in [2.05, 4.69) is 43.5 Å². The molecule has 5 heteroatoms. The Hall–Kier alpha value is -1.20. The van der Waals surface area contributed by atoms with Gasteiger partial charge in [0.15, 0.2) is 5.82 Å². The predicted octanol–water partition coefficient (Wildman–Crippen LogP) is 1.45. The van der Waals surface area contributed by atoms with Crippen LogP contribution in [-0.4, -0.2) is 33.3 Å². The molecular formula is C10H12N4S. The summed E-state index contributed by atoms with van der Waals surface area (Å²) in [5.41, 5.74) is 1.18. The molecule has 0 saturated carbocycles. The summed E-state index contributed by atoms with van der Waals surface area (Å²) in [6.45, 7) is 2.96. The monoisotopic (exact) mass is 220 g/mol. The van der Waals surface area contributed by atoms with Gasteiger partial charge in [0.2, 0.25) is 0 Å². The fraction of sp³-hybridized carbons (Fsp3) is 0.400. The highest BCUT2D eigenvalue weighted by Crippen LogP contribution is 2.22. The Labute approximate surface area is 92.2 Å². The van der Waals surface area contributed by atoms with Crippen molar-refractivity contribution in [1.29, 1.82) is 0 Å². The lowest BCUT2D eigenvalue weighted by molar-refractivity contribution is 0.265. The maximum atomic E-state index is 4.27. The van der Waals surface area contributed by atoms with E-state index in [-0.39, 0.29) is 0 Å². The van der Waals surface area contributed by atoms with Gasteiger partial charge in [0.25, 0.3) is 0 Å². The third-order valence-corrected chi connectivity index (χ3v) is 3.41. The summed E-state index contributed by atoms with van der Waals surface area (Å²) in [7, 11) is 2.11. The first-order valence-corrected chi connectivity index (χ1v) is 5.92. The van der Waals surface area contributed by atoms with E-state index < -0.39 is 0 Å². The van der Waals surface area contributed by atoms with Crippen LogP contribution in [0.25, 0.3) is 11.4 Å². The van der Waals surface area contributed by atoms with Crippen molar-refractivity contribution in [3.63, 3.8) is 0 Å². The largest absolute Gasteiger partial charge is 0.309 e. The van der Waals surface area contributed by atoms with E-state index in [1.165, 1.54) is 5.56 Å². The number of thiophene rings is 1. The third-order valence-electron chi connectivity index (χ3n) is 2.72. The molecule has 0 unspecified atom stereocenters. The average molecular weight is 220 g/mol. The van der Waals surface area contributed by atoms with Crippen molar-refractivity contribution >= 4 is 11.3 Å². The van der Waals surface area contributed by atoms with Crippen molar-refractivity contribution in [2.75, 3.05) is 13.6 Å². The molecule has 1 aliphatic rings. The zero-order valence-corrected chi connectivity index (χ0v) is 9.37. The minimum Gasteiger partial charge on any atom is -0.309 e. The molecule has 0 atom stereocenters. The van der Waals surface area contributed by atoms with Crippen molar-refractivity contribution in [2.24, 2.45) is 0 Å². The Balaban J connectivity index is 2.05. The first-order chi connectivity index (χ1) is 7.34. The van der Waals surface area contributed by atoms with Crippen LogP contribution in [0.15, 0.2) is 16.8 Å². The topological polar surface area (TPSA) is 34.0 Å². The highest BCUT2D eigenvalue weighted by molar-refractivity contribution is 7.08. The SMILES string of the molecule is CN1CCn2c(nnc2-c2ccsc2)C1. The van der Waals surface area contributed by atoms with Gasteiger partial charge < -0.3 is 4.57 Å². The second-order valence-corrected chi connectivity index (χ2v) is 4.62. The molecule has 0 bridgehead atoms. The van der Waals surface area contributed by atoms with E-state index in [1.54, 1.807) is 11.3 Å². The van der Waals surface area contributed by atoms with Crippen molar-refractivity contribution in [1.82, 2.24) is 19.7 Å². The zero-order valence-electron chi connectivity index (χ0n) is 8.55. The molecule has 1 aliphatic heterocycles. The average Bonchev–Trinajstić information content (AvgIpc) is 2.82. The molecule has 2 aromatic heterocycles. The molecule has 78 valence electrons. The summed E-state index contributed by atoms with van der Waals surface area (Å²) in [4.78, 5) is 2.27. The summed E-state index contributed by atoms with van der Waals surface area (Å²) < 4.78 is 2.22. The minimum atomic E-state index is 0.900. The molecule has 0 amide bonds. The quantitative estimate of drug-likeness (QED) is 0.729. The smallest absolute Gasteiger partial charge is 0.164 e. The number of nitrogens with zero attached hydrogens (tertiary/aromatic N) is 4. The highest BCUT2D eigenvalue weighted by Gasteiger charge is 2.19. The van der Waals surface area contributed by atoms with Gasteiger partial charge >= 0.3 is 0 Å². The van der Waals surface area contributed by atoms with Crippen LogP contribution >= 0.6 is 11.3 Å². The molecule has 2 aromatic rings. The molecule has 0 fully saturated rings. The van der Waals surface area contributed by atoms with E-state index in [0.717, 1.165) is 31.3 Å². The molecule has 15 heavy (non-hydrogen) atoms. The molecular weight excluding hydrogens is 208 g/mol. The van der Waals surface area contributed by atoms with E-state index in [9.17, 15) is 0 Å². The highest BCUT2D eigenvalue weighted by atomic mass is 32.1. The van der Waals surface area contributed by atoms with Crippen LogP contribution < -0.4 is 0 Å². The molecule has 0 spiro atoms. The van der Waals surface area contributed by atoms with Gasteiger partial charge in [-0.15, -0.1) is 10.2 Å². The predicted molar refractivity (Wildman–Crippen MR) is 59.7 cm³/mol. The van der Waals surface area contributed by atoms with Crippen LogP contribution in [0.2, 0.25) is 0 Å². The van der Waals surface area contributed by atoms with Gasteiger partial charge in [-0.3, -0.25) is 4.90 Å². The second-order valence-electron chi connectivity index (χ2n) is 3.84. The van der Waals surface area contributed by atoms with Crippen LogP contribution in [0.3, 0.4) is 0 Å². The lowest BCUT2D eigenvalue weighted by Gasteiger charge is -2.23. The van der Waals surface area contributed by atoms with Gasteiger partial charge in [-0.1, -0.05) is 0 Å². The second kappa shape index (κ2) is 3.43. The van der Waals surface area contributed by atoms with Crippen LogP contribution in [-0.2, 0) is 13.1 Å². The summed E-state index contributed by atoms with van der Waals surface area (Å²) in [5.74, 6) is 2.09. The van der Waals surface area contributed by atoms with Crippen LogP contribution in [0.4, 0.5) is 0 Å². The summed E-state index contributed by atoms with van der Waals surface area (Å²) in [6.07, 6.45) is 0. The fourth-order valence-electron chi connectivity index (χ4n) is 1.88. The Kier molecular flexibility index (Phi) is 2.07. The number of hydrogen-bond donors (Lipinski definition) is 0. The van der Waals surface area contributed by atoms with E-state index in [1.807, 2.05) is 0 Å². The number of rotatable bonds is 1. The number of fused-ring (bicyclic) bond motifs is 1. The number of aromatic nitrogens is 3. The van der Waals surface area contributed by atoms with Crippen molar-refractivity contribution in [3.05, 3.63) is 22.7 Å². The van der Waals surface area contributed by atoms with E-state index in [4.69, 9.17) is 0 Å². The van der Waals surface area contributed by atoms with Crippen LogP contribution in [0.5, 0.6) is 0 Å². The molecule has 0 saturated heterocycles. The fourth-order valence-corrected chi connectivity index (χ4v) is 2.52. The molecule has 3 heterocycles. The zero-order chi connectivity index (χ0) is 10.3. The molecule has 3 rings (SSSR count). The molecule has 0 aliphatic carbocycles. The summed E-state index contributed by atoms with van der Waals surface area (Å²) in [5, 5.41) is 12.7. The first-order valence-electron chi connectivity index (χ1n) is 4.98. The summed E-state index contributed by atoms with van der Waals surface area (Å²) in [6, 6.07) is 2.10. The third kappa shape index (κ3) is 1.48. The molecule has 4 nitrogen and oxygen atoms in total. The van der Waals surface area contributed by atoms with Gasteiger partial charge in [-0.25, -0.2) is 0 Å². The molecule has 0 aromatic carbocycles. The summed E-state index contributed by atoms with van der Waals surface area (Å²) >= 11 is 1.70. The van der Waals surface area contributed by atoms with E-state index in [0.29, 0.717) is 0 Å². The Bertz CT molecular complexity index is 460. The maximum absolute atomic E-state index is 4.27. The van der Waals surface area contributed by atoms with Crippen LogP contribution in [0, 0.1) is 0 Å². The van der Waals surface area contributed by atoms with Gasteiger partial charge in [-0.2, -0.15) is 11.3 Å². The lowest BCUT2D eigenvalue weighted by Crippen LogP contribution is -2.30. The molecule has 0 radical (unpaired) electrons. The minimum absolute atomic E-state index is 0.900. The first kappa shape index (κ1) is 9.06. The van der Waals surface area contributed by atoms with Crippen molar-refractivity contribution in [3.8, 4) is 11.4 Å². The van der Waals surface area contributed by atoms with Gasteiger partial charge in [-0.05, 0) is 18.5 Å². The van der Waals surface area contributed by atoms with Gasteiger partial charge in [0.05, 0.1) is 6.54 Å². The van der Waals surface area contributed by atoms with Crippen molar-refractivity contribution in [2.45, 2.75) is 13.1 Å². The van der Waals surface area contributed by atoms with E-state index >= 15 is 0 Å². The van der Waals surface area contributed by atoms with Crippen molar-refractivity contribution < 1.29 is 0 Å². The Morgan fingerprint density at radius 3 is 3.07 bits per heavy atom.